The Hall–Kier alpha value is -1.32. The van der Waals surface area contributed by atoms with E-state index in [0.717, 1.165) is 38.1 Å². The third-order valence-electron chi connectivity index (χ3n) is 3.66. The van der Waals surface area contributed by atoms with Crippen molar-refractivity contribution in [3.8, 4) is 0 Å². The first kappa shape index (κ1) is 14.1. The van der Waals surface area contributed by atoms with E-state index in [1.807, 2.05) is 18.4 Å². The summed E-state index contributed by atoms with van der Waals surface area (Å²) < 4.78 is 5.53. The van der Waals surface area contributed by atoms with Gasteiger partial charge in [0, 0.05) is 5.39 Å². The van der Waals surface area contributed by atoms with Gasteiger partial charge < -0.3 is 15.5 Å². The van der Waals surface area contributed by atoms with Crippen molar-refractivity contribution in [3.05, 3.63) is 36.1 Å². The molecule has 0 fully saturated rings. The van der Waals surface area contributed by atoms with Crippen LogP contribution in [-0.4, -0.2) is 19.6 Å². The molecule has 0 saturated heterocycles. The number of para-hydroxylation sites is 1. The molecule has 0 aliphatic carbocycles. The van der Waals surface area contributed by atoms with Gasteiger partial charge in [-0.1, -0.05) is 32.0 Å². The molecular formula is C16H24N2O. The maximum absolute atomic E-state index is 5.72. The molecule has 19 heavy (non-hydrogen) atoms. The van der Waals surface area contributed by atoms with Gasteiger partial charge >= 0.3 is 0 Å². The zero-order valence-corrected chi connectivity index (χ0v) is 11.9. The van der Waals surface area contributed by atoms with E-state index in [9.17, 15) is 0 Å². The van der Waals surface area contributed by atoms with Crippen LogP contribution in [0.4, 0.5) is 0 Å². The number of hydrogen-bond donors (Lipinski definition) is 2. The average molecular weight is 260 g/mol. The molecule has 2 aromatic rings. The van der Waals surface area contributed by atoms with E-state index in [1.54, 1.807) is 0 Å². The lowest BCUT2D eigenvalue weighted by Crippen LogP contribution is -2.29. The molecule has 0 aliphatic rings. The quantitative estimate of drug-likeness (QED) is 0.753. The van der Waals surface area contributed by atoms with Gasteiger partial charge in [0.25, 0.3) is 0 Å². The fourth-order valence-electron chi connectivity index (χ4n) is 2.10. The number of benzene rings is 1. The van der Waals surface area contributed by atoms with Gasteiger partial charge in [-0.25, -0.2) is 0 Å². The highest BCUT2D eigenvalue weighted by Gasteiger charge is 2.14. The summed E-state index contributed by atoms with van der Waals surface area (Å²) in [5.41, 5.74) is 8.20. The number of rotatable bonds is 7. The van der Waals surface area contributed by atoms with E-state index in [2.05, 4.69) is 31.3 Å². The summed E-state index contributed by atoms with van der Waals surface area (Å²) in [5, 5.41) is 4.71. The lowest BCUT2D eigenvalue weighted by Gasteiger charge is -2.22. The number of nitrogens with one attached hydrogen (secondary N) is 1. The Balaban J connectivity index is 1.77. The maximum Gasteiger partial charge on any atom is 0.134 e. The molecule has 3 heteroatoms. The second-order valence-electron chi connectivity index (χ2n) is 5.88. The molecular weight excluding hydrogens is 236 g/mol. The molecule has 104 valence electrons. The largest absolute Gasteiger partial charge is 0.464 e. The molecule has 1 aromatic carbocycles. The highest BCUT2D eigenvalue weighted by molar-refractivity contribution is 5.80. The van der Waals surface area contributed by atoms with Gasteiger partial charge in [-0.3, -0.25) is 0 Å². The molecule has 0 atom stereocenters. The molecule has 0 aliphatic heterocycles. The van der Waals surface area contributed by atoms with Crippen LogP contribution in [0.1, 0.15) is 25.8 Å². The van der Waals surface area contributed by atoms with Crippen molar-refractivity contribution in [2.24, 2.45) is 11.1 Å². The van der Waals surface area contributed by atoms with Crippen LogP contribution in [0, 0.1) is 5.41 Å². The predicted molar refractivity (Wildman–Crippen MR) is 80.2 cm³/mol. The van der Waals surface area contributed by atoms with Gasteiger partial charge in [0.15, 0.2) is 0 Å². The van der Waals surface area contributed by atoms with Gasteiger partial charge in [0.2, 0.25) is 0 Å². The summed E-state index contributed by atoms with van der Waals surface area (Å²) in [7, 11) is 0. The van der Waals surface area contributed by atoms with E-state index in [-0.39, 0.29) is 5.41 Å². The van der Waals surface area contributed by atoms with E-state index in [4.69, 9.17) is 10.2 Å². The minimum atomic E-state index is 0.231. The fraction of sp³-hybridized carbons (Fsp3) is 0.500. The van der Waals surface area contributed by atoms with Gasteiger partial charge in [-0.2, -0.15) is 0 Å². The predicted octanol–water partition coefficient (Wildman–Crippen LogP) is 2.94. The van der Waals surface area contributed by atoms with Gasteiger partial charge in [-0.15, -0.1) is 0 Å². The summed E-state index contributed by atoms with van der Waals surface area (Å²) >= 11 is 0. The van der Waals surface area contributed by atoms with Crippen molar-refractivity contribution in [2.75, 3.05) is 19.6 Å². The Kier molecular flexibility index (Phi) is 4.61. The zero-order valence-electron chi connectivity index (χ0n) is 11.9. The highest BCUT2D eigenvalue weighted by Crippen LogP contribution is 2.21. The van der Waals surface area contributed by atoms with Crippen LogP contribution in [0.2, 0.25) is 0 Å². The topological polar surface area (TPSA) is 51.2 Å². The van der Waals surface area contributed by atoms with Crippen LogP contribution in [0.15, 0.2) is 34.9 Å². The van der Waals surface area contributed by atoms with Crippen molar-refractivity contribution < 1.29 is 4.42 Å². The maximum atomic E-state index is 5.72. The van der Waals surface area contributed by atoms with Crippen molar-refractivity contribution >= 4 is 11.0 Å². The number of furan rings is 1. The van der Waals surface area contributed by atoms with Crippen LogP contribution in [0.3, 0.4) is 0 Å². The summed E-state index contributed by atoms with van der Waals surface area (Å²) in [6.07, 6.45) is 3.98. The molecule has 0 radical (unpaired) electrons. The number of fused-ring (bicyclic) bond motifs is 1. The van der Waals surface area contributed by atoms with Crippen molar-refractivity contribution in [1.82, 2.24) is 5.32 Å². The Morgan fingerprint density at radius 3 is 2.79 bits per heavy atom. The van der Waals surface area contributed by atoms with Crippen LogP contribution in [0.25, 0.3) is 11.0 Å². The van der Waals surface area contributed by atoms with Crippen LogP contribution in [0.5, 0.6) is 0 Å². The molecule has 0 spiro atoms. The second-order valence-corrected chi connectivity index (χ2v) is 5.88. The van der Waals surface area contributed by atoms with Crippen molar-refractivity contribution in [3.63, 3.8) is 0 Å². The summed E-state index contributed by atoms with van der Waals surface area (Å²) in [6, 6.07) is 8.18. The summed E-state index contributed by atoms with van der Waals surface area (Å²) in [4.78, 5) is 0. The molecule has 0 bridgehead atoms. The third-order valence-corrected chi connectivity index (χ3v) is 3.66. The number of nitrogens with two attached hydrogens (primary N) is 1. The van der Waals surface area contributed by atoms with Crippen LogP contribution >= 0.6 is 0 Å². The summed E-state index contributed by atoms with van der Waals surface area (Å²) in [6.45, 7) is 7.14. The third kappa shape index (κ3) is 3.82. The Labute approximate surface area is 115 Å². The molecule has 0 amide bonds. The standard InChI is InChI=1S/C16H24N2O/c1-16(2,12-17)8-10-18-9-7-13-11-19-15-6-4-3-5-14(13)15/h3-6,11,18H,7-10,12,17H2,1-2H3. The minimum absolute atomic E-state index is 0.231. The molecule has 1 aromatic heterocycles. The first-order valence-electron chi connectivity index (χ1n) is 6.98. The van der Waals surface area contributed by atoms with E-state index in [1.165, 1.54) is 10.9 Å². The summed E-state index contributed by atoms with van der Waals surface area (Å²) in [5.74, 6) is 0. The lowest BCUT2D eigenvalue weighted by atomic mass is 9.90. The monoisotopic (exact) mass is 260 g/mol. The molecule has 1 heterocycles. The van der Waals surface area contributed by atoms with Crippen LogP contribution in [-0.2, 0) is 6.42 Å². The Bertz CT molecular complexity index is 516. The van der Waals surface area contributed by atoms with E-state index < -0.39 is 0 Å². The van der Waals surface area contributed by atoms with Crippen molar-refractivity contribution in [2.45, 2.75) is 26.7 Å². The Morgan fingerprint density at radius 1 is 1.21 bits per heavy atom. The molecule has 2 rings (SSSR count). The van der Waals surface area contributed by atoms with Gasteiger partial charge in [-0.05, 0) is 49.5 Å². The average Bonchev–Trinajstić information content (AvgIpc) is 2.82. The second kappa shape index (κ2) is 6.22. The van der Waals surface area contributed by atoms with Gasteiger partial charge in [0.05, 0.1) is 6.26 Å². The van der Waals surface area contributed by atoms with Crippen LogP contribution < -0.4 is 11.1 Å². The van der Waals surface area contributed by atoms with Gasteiger partial charge in [0.1, 0.15) is 5.58 Å². The zero-order chi connectivity index (χ0) is 13.7. The first-order chi connectivity index (χ1) is 9.12. The highest BCUT2D eigenvalue weighted by atomic mass is 16.3. The van der Waals surface area contributed by atoms with E-state index >= 15 is 0 Å². The lowest BCUT2D eigenvalue weighted by molar-refractivity contribution is 0.340. The molecule has 3 nitrogen and oxygen atoms in total. The first-order valence-corrected chi connectivity index (χ1v) is 6.98. The van der Waals surface area contributed by atoms with Crippen molar-refractivity contribution in [1.29, 1.82) is 0 Å². The molecule has 0 saturated carbocycles. The smallest absolute Gasteiger partial charge is 0.134 e. The number of hydrogen-bond acceptors (Lipinski definition) is 3. The SMILES string of the molecule is CC(C)(CN)CCNCCc1coc2ccccc12. The Morgan fingerprint density at radius 2 is 2.00 bits per heavy atom. The molecule has 3 N–H and O–H groups in total. The minimum Gasteiger partial charge on any atom is -0.464 e. The van der Waals surface area contributed by atoms with E-state index in [0.29, 0.717) is 0 Å². The molecule has 0 unspecified atom stereocenters. The fourth-order valence-corrected chi connectivity index (χ4v) is 2.10. The normalized spacial score (nSPS) is 12.2.